The number of unbranched alkanes of at least 4 members (excludes halogenated alkanes) is 24. The lowest BCUT2D eigenvalue weighted by Crippen LogP contribution is -2.46. The first kappa shape index (κ1) is 55.8. The Kier molecular flexibility index (Phi) is 44.2. The van der Waals surface area contributed by atoms with Gasteiger partial charge < -0.3 is 20.3 Å². The number of aliphatic hydroxyl groups excluding tert-OH is 2. The molecule has 0 saturated carbocycles. The summed E-state index contributed by atoms with van der Waals surface area (Å²) in [5.74, 6) is -0.506. The number of esters is 1. The summed E-state index contributed by atoms with van der Waals surface area (Å²) in [6.07, 6.45) is 54.7. The average molecular weight is 814 g/mol. The molecule has 0 bridgehead atoms. The van der Waals surface area contributed by atoms with E-state index in [9.17, 15) is 19.8 Å². The van der Waals surface area contributed by atoms with Gasteiger partial charge in [-0.2, -0.15) is 0 Å². The van der Waals surface area contributed by atoms with E-state index in [-0.39, 0.29) is 24.9 Å². The van der Waals surface area contributed by atoms with E-state index in [1.807, 2.05) is 0 Å². The van der Waals surface area contributed by atoms with Gasteiger partial charge in [-0.1, -0.05) is 204 Å². The minimum atomic E-state index is -0.792. The largest absolute Gasteiger partial charge is 0.462 e. The van der Waals surface area contributed by atoms with Gasteiger partial charge in [-0.25, -0.2) is 0 Å². The molecule has 0 aliphatic rings. The van der Waals surface area contributed by atoms with Crippen molar-refractivity contribution in [3.8, 4) is 0 Å². The molecule has 0 aliphatic carbocycles. The molecule has 0 saturated heterocycles. The van der Waals surface area contributed by atoms with E-state index in [2.05, 4.69) is 74.7 Å². The molecule has 0 aromatic carbocycles. The third kappa shape index (κ3) is 40.6. The molecule has 6 nitrogen and oxygen atoms in total. The number of rotatable bonds is 44. The number of carbonyl (C=O) groups excluding carboxylic acids is 2. The number of amides is 1. The first-order chi connectivity index (χ1) is 28.5. The van der Waals surface area contributed by atoms with Crippen molar-refractivity contribution in [2.45, 2.75) is 264 Å². The predicted octanol–water partition coefficient (Wildman–Crippen LogP) is 14.7. The third-order valence-electron chi connectivity index (χ3n) is 11.1. The highest BCUT2D eigenvalue weighted by Crippen LogP contribution is 2.17. The topological polar surface area (TPSA) is 95.9 Å². The SMILES string of the molecule is CC/C=C/C/C=C/C/C=C/CCCCCCCCC(=O)OC(CCCCC/C=C\CCC)CC(=O)NC(CO)C(O)CCCCCCCCCCCCCCCCC. The molecule has 3 atom stereocenters. The lowest BCUT2D eigenvalue weighted by Gasteiger charge is -2.24. The standard InChI is InChI=1S/C52H95NO5/c1-4-7-10-13-16-19-21-23-25-27-29-31-33-36-39-42-45-52(57)58-48(43-40-37-34-18-15-12-9-6-3)46-51(56)53-49(47-54)50(55)44-41-38-35-32-30-28-26-24-22-20-17-14-11-8-5-2/h7,10,12,15-16,19,23,25,48-50,54-55H,4-6,8-9,11,13-14,17-18,20-22,24,26-47H2,1-3H3,(H,53,56)/b10-7+,15-12-,19-16+,25-23+. The summed E-state index contributed by atoms with van der Waals surface area (Å²) in [5.41, 5.74) is 0. The zero-order valence-electron chi connectivity index (χ0n) is 38.4. The van der Waals surface area contributed by atoms with Crippen LogP contribution in [0.1, 0.15) is 245 Å². The molecule has 1 amide bonds. The van der Waals surface area contributed by atoms with Gasteiger partial charge in [0.05, 0.1) is 25.2 Å². The van der Waals surface area contributed by atoms with Crippen LogP contribution in [0, 0.1) is 0 Å². The molecule has 58 heavy (non-hydrogen) atoms. The summed E-state index contributed by atoms with van der Waals surface area (Å²) in [6.45, 7) is 6.30. The number of hydrogen-bond acceptors (Lipinski definition) is 5. The molecule has 0 spiro atoms. The van der Waals surface area contributed by atoms with Crippen LogP contribution in [0.3, 0.4) is 0 Å². The van der Waals surface area contributed by atoms with Gasteiger partial charge in [0.2, 0.25) is 5.91 Å². The summed E-state index contributed by atoms with van der Waals surface area (Å²) < 4.78 is 5.89. The van der Waals surface area contributed by atoms with E-state index >= 15 is 0 Å². The van der Waals surface area contributed by atoms with Crippen LogP contribution in [0.25, 0.3) is 0 Å². The van der Waals surface area contributed by atoms with Crippen molar-refractivity contribution in [3.63, 3.8) is 0 Å². The minimum Gasteiger partial charge on any atom is -0.462 e. The van der Waals surface area contributed by atoms with Crippen molar-refractivity contribution in [3.05, 3.63) is 48.6 Å². The second-order valence-corrected chi connectivity index (χ2v) is 16.8. The molecule has 338 valence electrons. The summed E-state index contributed by atoms with van der Waals surface area (Å²) in [5, 5.41) is 23.7. The van der Waals surface area contributed by atoms with Gasteiger partial charge in [0.15, 0.2) is 0 Å². The van der Waals surface area contributed by atoms with Crippen LogP contribution in [-0.4, -0.2) is 46.9 Å². The lowest BCUT2D eigenvalue weighted by atomic mass is 10.0. The molecule has 6 heteroatoms. The molecule has 3 unspecified atom stereocenters. The lowest BCUT2D eigenvalue weighted by molar-refractivity contribution is -0.151. The summed E-state index contributed by atoms with van der Waals surface area (Å²) in [4.78, 5) is 26.0. The number of nitrogens with one attached hydrogen (secondary N) is 1. The van der Waals surface area contributed by atoms with E-state index in [0.717, 1.165) is 103 Å². The highest BCUT2D eigenvalue weighted by Gasteiger charge is 2.24. The van der Waals surface area contributed by atoms with Gasteiger partial charge >= 0.3 is 5.97 Å². The fourth-order valence-electron chi connectivity index (χ4n) is 7.39. The van der Waals surface area contributed by atoms with Crippen molar-refractivity contribution in [2.24, 2.45) is 0 Å². The van der Waals surface area contributed by atoms with Crippen LogP contribution in [0.5, 0.6) is 0 Å². The van der Waals surface area contributed by atoms with Gasteiger partial charge in [-0.15, -0.1) is 0 Å². The van der Waals surface area contributed by atoms with Crippen molar-refractivity contribution in [1.29, 1.82) is 0 Å². The highest BCUT2D eigenvalue weighted by molar-refractivity contribution is 5.77. The maximum absolute atomic E-state index is 13.1. The fourth-order valence-corrected chi connectivity index (χ4v) is 7.39. The normalized spacial score (nSPS) is 13.7. The number of hydrogen-bond donors (Lipinski definition) is 3. The van der Waals surface area contributed by atoms with E-state index in [1.165, 1.54) is 96.3 Å². The maximum Gasteiger partial charge on any atom is 0.306 e. The highest BCUT2D eigenvalue weighted by atomic mass is 16.5. The smallest absolute Gasteiger partial charge is 0.306 e. The average Bonchev–Trinajstić information content (AvgIpc) is 3.22. The van der Waals surface area contributed by atoms with Gasteiger partial charge in [0.25, 0.3) is 0 Å². The Morgan fingerprint density at radius 2 is 0.966 bits per heavy atom. The molecular weight excluding hydrogens is 719 g/mol. The zero-order valence-corrected chi connectivity index (χ0v) is 38.4. The Balaban J connectivity index is 4.43. The molecule has 3 N–H and O–H groups in total. The van der Waals surface area contributed by atoms with E-state index in [0.29, 0.717) is 19.3 Å². The van der Waals surface area contributed by atoms with Crippen LogP contribution in [0.2, 0.25) is 0 Å². The Labute approximate surface area is 359 Å². The Morgan fingerprint density at radius 3 is 1.52 bits per heavy atom. The number of ether oxygens (including phenoxy) is 1. The monoisotopic (exact) mass is 814 g/mol. The first-order valence-corrected chi connectivity index (χ1v) is 24.9. The fraction of sp³-hybridized carbons (Fsp3) is 0.808. The Morgan fingerprint density at radius 1 is 0.517 bits per heavy atom. The van der Waals surface area contributed by atoms with Crippen molar-refractivity contribution < 1.29 is 24.5 Å². The molecule has 0 radical (unpaired) electrons. The van der Waals surface area contributed by atoms with Crippen LogP contribution < -0.4 is 5.32 Å². The summed E-state index contributed by atoms with van der Waals surface area (Å²) in [6, 6.07) is -0.707. The molecule has 0 aromatic heterocycles. The molecule has 0 rings (SSSR count). The second-order valence-electron chi connectivity index (χ2n) is 16.8. The predicted molar refractivity (Wildman–Crippen MR) is 250 cm³/mol. The van der Waals surface area contributed by atoms with Gasteiger partial charge in [-0.3, -0.25) is 9.59 Å². The van der Waals surface area contributed by atoms with Crippen molar-refractivity contribution >= 4 is 11.9 Å². The molecule has 0 heterocycles. The molecule has 0 fully saturated rings. The molecule has 0 aliphatic heterocycles. The van der Waals surface area contributed by atoms with Crippen LogP contribution in [0.15, 0.2) is 48.6 Å². The van der Waals surface area contributed by atoms with Crippen molar-refractivity contribution in [2.75, 3.05) is 6.61 Å². The summed E-state index contributed by atoms with van der Waals surface area (Å²) >= 11 is 0. The van der Waals surface area contributed by atoms with Crippen LogP contribution >= 0.6 is 0 Å². The third-order valence-corrected chi connectivity index (χ3v) is 11.1. The quantitative estimate of drug-likeness (QED) is 0.0323. The number of aliphatic hydroxyl groups is 2. The number of carbonyl (C=O) groups is 2. The zero-order chi connectivity index (χ0) is 42.4. The maximum atomic E-state index is 13.1. The van der Waals surface area contributed by atoms with Gasteiger partial charge in [-0.05, 0) is 77.0 Å². The van der Waals surface area contributed by atoms with Gasteiger partial charge in [0.1, 0.15) is 6.10 Å². The molecular formula is C52H95NO5. The number of allylic oxidation sites excluding steroid dienone is 8. The minimum absolute atomic E-state index is 0.0609. The van der Waals surface area contributed by atoms with E-state index in [4.69, 9.17) is 4.74 Å². The van der Waals surface area contributed by atoms with Crippen LogP contribution in [0.4, 0.5) is 0 Å². The van der Waals surface area contributed by atoms with Crippen LogP contribution in [-0.2, 0) is 14.3 Å². The Bertz CT molecular complexity index is 1000. The first-order valence-electron chi connectivity index (χ1n) is 24.9. The Hall–Kier alpha value is -2.18. The van der Waals surface area contributed by atoms with Gasteiger partial charge in [0, 0.05) is 6.42 Å². The second kappa shape index (κ2) is 45.9. The summed E-state index contributed by atoms with van der Waals surface area (Å²) in [7, 11) is 0. The molecule has 0 aromatic rings. The van der Waals surface area contributed by atoms with Crippen molar-refractivity contribution in [1.82, 2.24) is 5.32 Å². The van der Waals surface area contributed by atoms with E-state index in [1.54, 1.807) is 0 Å². The van der Waals surface area contributed by atoms with E-state index < -0.39 is 18.2 Å².